The molecule has 1 fully saturated rings. The Kier molecular flexibility index (Phi) is 7.26. The molecule has 1 atom stereocenters. The summed E-state index contributed by atoms with van der Waals surface area (Å²) >= 11 is 0. The number of pyridine rings is 1. The number of nitrogens with zero attached hydrogens (tertiary/aromatic N) is 5. The van der Waals surface area contributed by atoms with E-state index in [1.165, 1.54) is 16.9 Å². The van der Waals surface area contributed by atoms with Gasteiger partial charge in [0.15, 0.2) is 0 Å². The fourth-order valence-corrected chi connectivity index (χ4v) is 3.93. The van der Waals surface area contributed by atoms with Crippen LogP contribution in [0.25, 0.3) is 5.69 Å². The van der Waals surface area contributed by atoms with Crippen molar-refractivity contribution < 1.29 is 19.5 Å². The van der Waals surface area contributed by atoms with Gasteiger partial charge in [0, 0.05) is 43.7 Å². The van der Waals surface area contributed by atoms with Gasteiger partial charge in [0.1, 0.15) is 5.69 Å². The maximum absolute atomic E-state index is 12.3. The number of aromatic carboxylic acids is 1. The largest absolute Gasteiger partial charge is 0.477 e. The van der Waals surface area contributed by atoms with E-state index in [4.69, 9.17) is 5.11 Å². The van der Waals surface area contributed by atoms with Crippen LogP contribution in [0.1, 0.15) is 41.9 Å². The van der Waals surface area contributed by atoms with Crippen LogP contribution in [0.5, 0.6) is 0 Å². The summed E-state index contributed by atoms with van der Waals surface area (Å²) in [4.78, 5) is 41.1. The number of carboxylic acids is 1. The average Bonchev–Trinajstić information content (AvgIpc) is 3.48. The minimum Gasteiger partial charge on any atom is -0.477 e. The molecule has 10 heteroatoms. The average molecular weight is 463 g/mol. The number of para-hydroxylation sites is 1. The van der Waals surface area contributed by atoms with E-state index in [1.807, 2.05) is 30.3 Å². The molecule has 1 aliphatic rings. The summed E-state index contributed by atoms with van der Waals surface area (Å²) in [6.45, 7) is 1.11. The number of amides is 2. The predicted molar refractivity (Wildman–Crippen MR) is 124 cm³/mol. The number of unbranched alkanes of at least 4 members (excludes halogenated alkanes) is 1. The molecule has 3 aromatic rings. The van der Waals surface area contributed by atoms with E-state index in [1.54, 1.807) is 17.2 Å². The van der Waals surface area contributed by atoms with Gasteiger partial charge in [-0.15, -0.1) is 5.10 Å². The first-order chi connectivity index (χ1) is 16.5. The number of hydrogen-bond acceptors (Lipinski definition) is 6. The molecule has 176 valence electrons. The Morgan fingerprint density at radius 1 is 1.12 bits per heavy atom. The van der Waals surface area contributed by atoms with Crippen LogP contribution in [-0.4, -0.2) is 56.0 Å². The number of aromatic nitrogens is 4. The van der Waals surface area contributed by atoms with Crippen molar-refractivity contribution >= 4 is 23.5 Å². The topological polar surface area (TPSA) is 130 Å². The minimum absolute atomic E-state index is 0.0211. The molecule has 1 aromatic carbocycles. The molecule has 2 aromatic heterocycles. The lowest BCUT2D eigenvalue weighted by Crippen LogP contribution is -2.31. The molecule has 2 amide bonds. The van der Waals surface area contributed by atoms with Gasteiger partial charge in [0.2, 0.25) is 11.8 Å². The molecule has 0 radical (unpaired) electrons. The second-order valence-corrected chi connectivity index (χ2v) is 8.28. The van der Waals surface area contributed by atoms with Crippen molar-refractivity contribution in [1.82, 2.24) is 25.3 Å². The Bertz CT molecular complexity index is 1160. The molecule has 0 aliphatic carbocycles. The first-order valence-electron chi connectivity index (χ1n) is 11.2. The molecule has 34 heavy (non-hydrogen) atoms. The third-order valence-corrected chi connectivity index (χ3v) is 5.72. The number of carbonyl (C=O) groups is 3. The highest BCUT2D eigenvalue weighted by Gasteiger charge is 2.30. The fraction of sp³-hybridized carbons (Fsp3) is 0.333. The lowest BCUT2D eigenvalue weighted by molar-refractivity contribution is -0.121. The molecule has 3 heterocycles. The van der Waals surface area contributed by atoms with E-state index in [2.05, 4.69) is 20.6 Å². The van der Waals surface area contributed by atoms with Crippen molar-refractivity contribution in [3.8, 4) is 5.69 Å². The molecule has 4 rings (SSSR count). The van der Waals surface area contributed by atoms with Crippen LogP contribution >= 0.6 is 0 Å². The molecule has 0 bridgehead atoms. The summed E-state index contributed by atoms with van der Waals surface area (Å²) in [5.74, 6) is -0.924. The summed E-state index contributed by atoms with van der Waals surface area (Å²) < 4.78 is 1.51. The summed E-state index contributed by atoms with van der Waals surface area (Å²) in [5.41, 5.74) is 2.17. The zero-order valence-electron chi connectivity index (χ0n) is 18.6. The van der Waals surface area contributed by atoms with Crippen LogP contribution < -0.4 is 10.2 Å². The van der Waals surface area contributed by atoms with Gasteiger partial charge in [-0.1, -0.05) is 23.4 Å². The number of carboxylic acid groups (broad SMARTS) is 1. The van der Waals surface area contributed by atoms with Crippen LogP contribution in [-0.2, 0) is 16.0 Å². The zero-order chi connectivity index (χ0) is 23.9. The van der Waals surface area contributed by atoms with Crippen LogP contribution in [0.4, 0.5) is 5.69 Å². The maximum atomic E-state index is 12.3. The molecule has 1 aliphatic heterocycles. The van der Waals surface area contributed by atoms with Crippen molar-refractivity contribution in [2.75, 3.05) is 18.0 Å². The Labute approximate surface area is 196 Å². The molecule has 1 unspecified atom stereocenters. The lowest BCUT2D eigenvalue weighted by atomic mass is 10.1. The van der Waals surface area contributed by atoms with Gasteiger partial charge in [0.25, 0.3) is 0 Å². The molecular formula is C24H26N6O4. The Morgan fingerprint density at radius 2 is 1.94 bits per heavy atom. The molecule has 10 nitrogen and oxygen atoms in total. The smallest absolute Gasteiger partial charge is 0.354 e. The van der Waals surface area contributed by atoms with E-state index < -0.39 is 5.97 Å². The highest BCUT2D eigenvalue weighted by Crippen LogP contribution is 2.24. The number of nitrogens with one attached hydrogen (secondary N) is 1. The van der Waals surface area contributed by atoms with Gasteiger partial charge in [-0.2, -0.15) is 0 Å². The van der Waals surface area contributed by atoms with E-state index in [0.717, 1.165) is 17.8 Å². The minimum atomic E-state index is -1.10. The monoisotopic (exact) mass is 462 g/mol. The van der Waals surface area contributed by atoms with Gasteiger partial charge in [-0.3, -0.25) is 9.59 Å². The SMILES string of the molecule is O=C(CCCCc1cn(-c2ccnc(C(=O)O)c2)nn1)NCC1CC(=O)N(c2ccccc2)C1. The van der Waals surface area contributed by atoms with Crippen LogP contribution in [0.15, 0.2) is 54.9 Å². The van der Waals surface area contributed by atoms with Gasteiger partial charge >= 0.3 is 5.97 Å². The standard InChI is InChI=1S/C24H26N6O4/c31-22(26-14-17-12-23(32)29(15-17)19-7-2-1-3-8-19)9-5-4-6-18-16-30(28-27-18)20-10-11-25-21(13-20)24(33)34/h1-3,7-8,10-11,13,16-17H,4-6,9,12,14-15H2,(H,26,31)(H,33,34). The number of benzene rings is 1. The van der Waals surface area contributed by atoms with Crippen molar-refractivity contribution in [2.45, 2.75) is 32.1 Å². The van der Waals surface area contributed by atoms with Crippen LogP contribution in [0.2, 0.25) is 0 Å². The number of hydrogen-bond donors (Lipinski definition) is 2. The van der Waals surface area contributed by atoms with E-state index in [9.17, 15) is 14.4 Å². The van der Waals surface area contributed by atoms with Crippen molar-refractivity contribution in [3.63, 3.8) is 0 Å². The van der Waals surface area contributed by atoms with Crippen molar-refractivity contribution in [3.05, 3.63) is 66.2 Å². The van der Waals surface area contributed by atoms with Gasteiger partial charge in [-0.25, -0.2) is 14.5 Å². The Hall–Kier alpha value is -4.08. The first-order valence-corrected chi connectivity index (χ1v) is 11.2. The van der Waals surface area contributed by atoms with Gasteiger partial charge in [-0.05, 0) is 43.5 Å². The predicted octanol–water partition coefficient (Wildman–Crippen LogP) is 2.24. The van der Waals surface area contributed by atoms with Gasteiger partial charge < -0.3 is 15.3 Å². The zero-order valence-corrected chi connectivity index (χ0v) is 18.6. The van der Waals surface area contributed by atoms with E-state index in [0.29, 0.717) is 44.5 Å². The first kappa shape index (κ1) is 23.1. The third kappa shape index (κ3) is 5.83. The van der Waals surface area contributed by atoms with Crippen LogP contribution in [0, 0.1) is 5.92 Å². The van der Waals surface area contributed by atoms with E-state index >= 15 is 0 Å². The lowest BCUT2D eigenvalue weighted by Gasteiger charge is -2.16. The number of rotatable bonds is 10. The molecule has 1 saturated heterocycles. The summed E-state index contributed by atoms with van der Waals surface area (Å²) in [5, 5.41) is 20.2. The van der Waals surface area contributed by atoms with Crippen LogP contribution in [0.3, 0.4) is 0 Å². The summed E-state index contributed by atoms with van der Waals surface area (Å²) in [6, 6.07) is 12.7. The summed E-state index contributed by atoms with van der Waals surface area (Å²) in [6.07, 6.45) is 6.15. The quantitative estimate of drug-likeness (QED) is 0.442. The van der Waals surface area contributed by atoms with Gasteiger partial charge in [0.05, 0.1) is 17.6 Å². The highest BCUT2D eigenvalue weighted by molar-refractivity contribution is 5.95. The van der Waals surface area contributed by atoms with Crippen molar-refractivity contribution in [1.29, 1.82) is 0 Å². The van der Waals surface area contributed by atoms with Crippen molar-refractivity contribution in [2.24, 2.45) is 5.92 Å². The molecule has 0 saturated carbocycles. The Morgan fingerprint density at radius 3 is 2.74 bits per heavy atom. The highest BCUT2D eigenvalue weighted by atomic mass is 16.4. The second kappa shape index (κ2) is 10.7. The van der Waals surface area contributed by atoms with E-state index in [-0.39, 0.29) is 23.4 Å². The fourth-order valence-electron chi connectivity index (χ4n) is 3.93. The third-order valence-electron chi connectivity index (χ3n) is 5.72. The number of carbonyl (C=O) groups excluding carboxylic acids is 2. The maximum Gasteiger partial charge on any atom is 0.354 e. The molecular weight excluding hydrogens is 436 g/mol. The summed E-state index contributed by atoms with van der Waals surface area (Å²) in [7, 11) is 0. The second-order valence-electron chi connectivity index (χ2n) is 8.28. The number of aryl methyl sites for hydroxylation is 1. The molecule has 2 N–H and O–H groups in total. The number of anilines is 1. The Balaban J connectivity index is 1.16. The molecule has 0 spiro atoms. The normalized spacial score (nSPS) is 15.5.